The number of fused-ring (bicyclic) bond motifs is 2. The van der Waals surface area contributed by atoms with Crippen molar-refractivity contribution in [2.75, 3.05) is 13.7 Å². The van der Waals surface area contributed by atoms with E-state index in [9.17, 15) is 0 Å². The molecule has 5 aromatic rings. The molecular weight excluding hydrogens is 384 g/mol. The van der Waals surface area contributed by atoms with E-state index in [4.69, 9.17) is 16.3 Å². The number of aromatic amines is 1. The highest BCUT2D eigenvalue weighted by Gasteiger charge is 2.16. The van der Waals surface area contributed by atoms with Crippen molar-refractivity contribution in [1.29, 1.82) is 0 Å². The number of hydrogen-bond donors (Lipinski definition) is 1. The Morgan fingerprint density at radius 1 is 1.17 bits per heavy atom. The lowest BCUT2D eigenvalue weighted by molar-refractivity contribution is 0.188. The summed E-state index contributed by atoms with van der Waals surface area (Å²) in [5, 5.41) is 0. The van der Waals surface area contributed by atoms with Gasteiger partial charge in [-0.1, -0.05) is 6.07 Å². The molecule has 0 aliphatic rings. The summed E-state index contributed by atoms with van der Waals surface area (Å²) in [7, 11) is 1.68. The van der Waals surface area contributed by atoms with Gasteiger partial charge < -0.3 is 14.3 Å². The number of methoxy groups -OCH3 is 1. The number of ether oxygens (including phenoxy) is 1. The monoisotopic (exact) mass is 400 g/mol. The molecule has 0 amide bonds. The Morgan fingerprint density at radius 3 is 2.97 bits per heavy atom. The van der Waals surface area contributed by atoms with Gasteiger partial charge in [-0.05, 0) is 30.3 Å². The van der Waals surface area contributed by atoms with Crippen LogP contribution in [0, 0.1) is 6.57 Å². The smallest absolute Gasteiger partial charge is 0.189 e. The first-order valence-corrected chi connectivity index (χ1v) is 9.90. The Hall–Kier alpha value is -3.54. The van der Waals surface area contributed by atoms with Gasteiger partial charge in [-0.25, -0.2) is 19.8 Å². The number of thiazole rings is 1. The van der Waals surface area contributed by atoms with Crippen LogP contribution in [0.1, 0.15) is 0 Å². The molecule has 0 unspecified atom stereocenters. The highest BCUT2D eigenvalue weighted by molar-refractivity contribution is 7.16. The van der Waals surface area contributed by atoms with Gasteiger partial charge in [0.25, 0.3) is 0 Å². The van der Waals surface area contributed by atoms with Gasteiger partial charge in [0.1, 0.15) is 11.5 Å². The number of rotatable bonds is 5. The summed E-state index contributed by atoms with van der Waals surface area (Å²) >= 11 is 1.62. The molecule has 3 heterocycles. The number of imidazole rings is 2. The Morgan fingerprint density at radius 2 is 2.10 bits per heavy atom. The Bertz CT molecular complexity index is 1370. The summed E-state index contributed by atoms with van der Waals surface area (Å²) in [6, 6.07) is 11.7. The lowest BCUT2D eigenvalue weighted by Gasteiger charge is -2.07. The van der Waals surface area contributed by atoms with E-state index in [1.165, 1.54) is 0 Å². The first-order chi connectivity index (χ1) is 14.3. The van der Waals surface area contributed by atoms with Crippen LogP contribution >= 0.6 is 11.3 Å². The summed E-state index contributed by atoms with van der Waals surface area (Å²) in [6.07, 6.45) is 1.79. The number of nitrogens with one attached hydrogen (secondary N) is 1. The molecule has 7 nitrogen and oxygen atoms in total. The van der Waals surface area contributed by atoms with E-state index in [1.807, 2.05) is 35.8 Å². The topological polar surface area (TPSA) is 73.0 Å². The lowest BCUT2D eigenvalue weighted by Crippen LogP contribution is -2.06. The predicted molar refractivity (Wildman–Crippen MR) is 114 cm³/mol. The molecule has 1 N–H and O–H groups in total. The molecule has 0 saturated carbocycles. The maximum atomic E-state index is 7.25. The van der Waals surface area contributed by atoms with E-state index in [-0.39, 0.29) is 0 Å². The number of nitrogens with zero attached hydrogens (tertiary/aromatic N) is 5. The summed E-state index contributed by atoms with van der Waals surface area (Å²) in [6.45, 7) is 8.46. The van der Waals surface area contributed by atoms with Crippen LogP contribution in [0.2, 0.25) is 0 Å². The molecule has 29 heavy (non-hydrogen) atoms. The van der Waals surface area contributed by atoms with Crippen LogP contribution in [0.5, 0.6) is 0 Å². The van der Waals surface area contributed by atoms with Gasteiger partial charge in [-0.3, -0.25) is 0 Å². The average molecular weight is 400 g/mol. The highest BCUT2D eigenvalue weighted by Crippen LogP contribution is 2.29. The zero-order valence-electron chi connectivity index (χ0n) is 15.6. The van der Waals surface area contributed by atoms with E-state index in [1.54, 1.807) is 24.6 Å². The third kappa shape index (κ3) is 3.06. The summed E-state index contributed by atoms with van der Waals surface area (Å²) < 4.78 is 8.52. The van der Waals surface area contributed by atoms with Gasteiger partial charge in [0, 0.05) is 19.2 Å². The van der Waals surface area contributed by atoms with Crippen LogP contribution in [0.15, 0.2) is 48.1 Å². The minimum Gasteiger partial charge on any atom is -0.383 e. The van der Waals surface area contributed by atoms with Gasteiger partial charge in [-0.15, -0.1) is 11.3 Å². The molecule has 0 bridgehead atoms. The standard InChI is InChI=1S/C21H16N6OS/c1-22-14-4-5-18-15(10-14)26-21(27(18)7-8-28-2)17-11-23-20(25-17)13-3-6-19-16(9-13)24-12-29-19/h3-6,9-12H,7-8H2,2H3,(H,23,25). The quantitative estimate of drug-likeness (QED) is 0.426. The second-order valence-corrected chi connectivity index (χ2v) is 7.43. The maximum Gasteiger partial charge on any atom is 0.189 e. The van der Waals surface area contributed by atoms with Gasteiger partial charge >= 0.3 is 0 Å². The first kappa shape index (κ1) is 17.6. The van der Waals surface area contributed by atoms with E-state index in [0.29, 0.717) is 18.8 Å². The molecule has 0 aliphatic heterocycles. The second kappa shape index (κ2) is 7.13. The van der Waals surface area contributed by atoms with E-state index >= 15 is 0 Å². The molecule has 5 rings (SSSR count). The summed E-state index contributed by atoms with van der Waals surface area (Å²) in [5.41, 5.74) is 6.91. The summed E-state index contributed by atoms with van der Waals surface area (Å²) in [5.74, 6) is 1.54. The van der Waals surface area contributed by atoms with E-state index in [0.717, 1.165) is 44.2 Å². The van der Waals surface area contributed by atoms with E-state index < -0.39 is 0 Å². The van der Waals surface area contributed by atoms with Crippen LogP contribution in [0.3, 0.4) is 0 Å². The predicted octanol–water partition coefficient (Wildman–Crippen LogP) is 4.90. The van der Waals surface area contributed by atoms with Crippen molar-refractivity contribution in [1.82, 2.24) is 24.5 Å². The SMILES string of the molecule is [C-]#[N+]c1ccc2c(c1)nc(-c1cnc(-c3ccc4scnc4c3)[nH]1)n2CCOC. The van der Waals surface area contributed by atoms with Crippen molar-refractivity contribution in [2.45, 2.75) is 6.54 Å². The van der Waals surface area contributed by atoms with Crippen molar-refractivity contribution in [3.05, 3.63) is 59.5 Å². The molecule has 0 spiro atoms. The fourth-order valence-electron chi connectivity index (χ4n) is 3.39. The molecule has 2 aromatic carbocycles. The normalized spacial score (nSPS) is 11.3. The molecule has 142 valence electrons. The van der Waals surface area contributed by atoms with Crippen LogP contribution in [0.25, 0.3) is 49.0 Å². The Kier molecular flexibility index (Phi) is 4.31. The lowest BCUT2D eigenvalue weighted by atomic mass is 10.2. The molecule has 0 saturated heterocycles. The molecule has 3 aromatic heterocycles. The molecule has 0 atom stereocenters. The number of hydrogen-bond acceptors (Lipinski definition) is 5. The van der Waals surface area contributed by atoms with Gasteiger partial charge in [0.05, 0.1) is 46.1 Å². The zero-order chi connectivity index (χ0) is 19.8. The molecule has 0 radical (unpaired) electrons. The number of H-pyrrole nitrogens is 1. The van der Waals surface area contributed by atoms with Crippen LogP contribution in [-0.4, -0.2) is 38.2 Å². The number of benzene rings is 2. The molecule has 0 aliphatic carbocycles. The third-order valence-electron chi connectivity index (χ3n) is 4.80. The Labute approximate surface area is 170 Å². The van der Waals surface area contributed by atoms with Gasteiger partial charge in [-0.2, -0.15) is 0 Å². The minimum absolute atomic E-state index is 0.560. The van der Waals surface area contributed by atoms with E-state index in [2.05, 4.69) is 30.4 Å². The first-order valence-electron chi connectivity index (χ1n) is 9.02. The van der Waals surface area contributed by atoms with Crippen molar-refractivity contribution in [2.24, 2.45) is 0 Å². The zero-order valence-corrected chi connectivity index (χ0v) is 16.4. The Balaban J connectivity index is 1.60. The van der Waals surface area contributed by atoms with Crippen LogP contribution in [0.4, 0.5) is 5.69 Å². The van der Waals surface area contributed by atoms with Crippen molar-refractivity contribution < 1.29 is 4.74 Å². The van der Waals surface area contributed by atoms with Crippen molar-refractivity contribution in [3.63, 3.8) is 0 Å². The van der Waals surface area contributed by atoms with Gasteiger partial charge in [0.2, 0.25) is 0 Å². The fraction of sp³-hybridized carbons (Fsp3) is 0.143. The summed E-state index contributed by atoms with van der Waals surface area (Å²) in [4.78, 5) is 20.6. The van der Waals surface area contributed by atoms with Crippen LogP contribution < -0.4 is 0 Å². The molecular formula is C21H16N6OS. The van der Waals surface area contributed by atoms with Crippen molar-refractivity contribution in [3.8, 4) is 22.9 Å². The third-order valence-corrected chi connectivity index (χ3v) is 5.61. The second-order valence-electron chi connectivity index (χ2n) is 6.55. The number of aromatic nitrogens is 5. The average Bonchev–Trinajstić information content (AvgIpc) is 3.48. The van der Waals surface area contributed by atoms with Gasteiger partial charge in [0.15, 0.2) is 11.5 Å². The van der Waals surface area contributed by atoms with Crippen molar-refractivity contribution >= 4 is 38.3 Å². The highest BCUT2D eigenvalue weighted by atomic mass is 32.1. The van der Waals surface area contributed by atoms with Crippen LogP contribution in [-0.2, 0) is 11.3 Å². The maximum absolute atomic E-state index is 7.25. The largest absolute Gasteiger partial charge is 0.383 e. The molecule has 8 heteroatoms. The molecule has 0 fully saturated rings. The minimum atomic E-state index is 0.560. The fourth-order valence-corrected chi connectivity index (χ4v) is 4.05.